The van der Waals surface area contributed by atoms with Gasteiger partial charge in [0.1, 0.15) is 5.75 Å². The summed E-state index contributed by atoms with van der Waals surface area (Å²) in [6.07, 6.45) is 0.255. The van der Waals surface area contributed by atoms with Gasteiger partial charge in [-0.15, -0.1) is 0 Å². The minimum Gasteiger partial charge on any atom is -0.494 e. The fourth-order valence-electron chi connectivity index (χ4n) is 1.74. The Balaban J connectivity index is 2.75. The number of carbonyl (C=O) groups is 1. The molecule has 112 valence electrons. The zero-order chi connectivity index (χ0) is 15.2. The predicted octanol–water partition coefficient (Wildman–Crippen LogP) is 2.33. The molecule has 0 aliphatic carbocycles. The van der Waals surface area contributed by atoms with Gasteiger partial charge in [0.2, 0.25) is 5.91 Å². The van der Waals surface area contributed by atoms with Crippen LogP contribution in [0.5, 0.6) is 5.75 Å². The number of aliphatic hydroxyl groups is 1. The Labute approximate surface area is 119 Å². The molecule has 0 unspecified atom stereocenters. The van der Waals surface area contributed by atoms with Crippen LogP contribution in [-0.4, -0.2) is 30.3 Å². The summed E-state index contributed by atoms with van der Waals surface area (Å²) in [4.78, 5) is 11.9. The second kappa shape index (κ2) is 7.26. The molecule has 5 nitrogen and oxygen atoms in total. The van der Waals surface area contributed by atoms with Crippen molar-refractivity contribution in [3.8, 4) is 5.75 Å². The molecule has 0 radical (unpaired) electrons. The van der Waals surface area contributed by atoms with Crippen LogP contribution in [0.1, 0.15) is 32.8 Å². The average Bonchev–Trinajstić information content (AvgIpc) is 2.40. The number of anilines is 1. The van der Waals surface area contributed by atoms with E-state index in [9.17, 15) is 9.90 Å². The van der Waals surface area contributed by atoms with Gasteiger partial charge in [-0.2, -0.15) is 0 Å². The standard InChI is InChI=1S/C15H23NO4/c1-5-20-13-7-6-12(8-11(13)10-17)16-14(18)9-15(2,3)19-4/h6-8,17H,5,9-10H2,1-4H3,(H,16,18). The summed E-state index contributed by atoms with van der Waals surface area (Å²) in [7, 11) is 1.58. The molecular formula is C15H23NO4. The van der Waals surface area contributed by atoms with Crippen LogP contribution in [0, 0.1) is 0 Å². The second-order valence-corrected chi connectivity index (χ2v) is 5.10. The number of hydrogen-bond acceptors (Lipinski definition) is 4. The molecule has 0 bridgehead atoms. The molecule has 20 heavy (non-hydrogen) atoms. The third kappa shape index (κ3) is 4.83. The van der Waals surface area contributed by atoms with E-state index in [2.05, 4.69) is 5.32 Å². The van der Waals surface area contributed by atoms with Crippen LogP contribution in [0.15, 0.2) is 18.2 Å². The van der Waals surface area contributed by atoms with Crippen LogP contribution in [0.25, 0.3) is 0 Å². The molecule has 5 heteroatoms. The third-order valence-corrected chi connectivity index (χ3v) is 2.95. The Morgan fingerprint density at radius 1 is 1.40 bits per heavy atom. The van der Waals surface area contributed by atoms with Crippen LogP contribution in [0.3, 0.4) is 0 Å². The Morgan fingerprint density at radius 2 is 2.10 bits per heavy atom. The van der Waals surface area contributed by atoms with Gasteiger partial charge in [0, 0.05) is 18.4 Å². The van der Waals surface area contributed by atoms with E-state index in [0.29, 0.717) is 23.6 Å². The summed E-state index contributed by atoms with van der Waals surface area (Å²) in [5, 5.41) is 12.1. The molecule has 0 saturated heterocycles. The maximum atomic E-state index is 11.9. The Hall–Kier alpha value is -1.59. The van der Waals surface area contributed by atoms with E-state index in [4.69, 9.17) is 9.47 Å². The number of ether oxygens (including phenoxy) is 2. The molecule has 0 aliphatic heterocycles. The number of rotatable bonds is 7. The lowest BCUT2D eigenvalue weighted by Crippen LogP contribution is -2.29. The van der Waals surface area contributed by atoms with Gasteiger partial charge in [-0.05, 0) is 39.0 Å². The first-order valence-electron chi connectivity index (χ1n) is 6.63. The van der Waals surface area contributed by atoms with Crippen LogP contribution in [0.2, 0.25) is 0 Å². The maximum Gasteiger partial charge on any atom is 0.227 e. The largest absolute Gasteiger partial charge is 0.494 e. The van der Waals surface area contributed by atoms with Crippen LogP contribution < -0.4 is 10.1 Å². The Kier molecular flexibility index (Phi) is 5.98. The van der Waals surface area contributed by atoms with Crippen molar-refractivity contribution in [3.63, 3.8) is 0 Å². The van der Waals surface area contributed by atoms with Crippen molar-refractivity contribution >= 4 is 11.6 Å². The SMILES string of the molecule is CCOc1ccc(NC(=O)CC(C)(C)OC)cc1CO. The minimum atomic E-state index is -0.505. The monoisotopic (exact) mass is 281 g/mol. The van der Waals surface area contributed by atoms with Crippen molar-refractivity contribution < 1.29 is 19.4 Å². The summed E-state index contributed by atoms with van der Waals surface area (Å²) in [5.74, 6) is 0.495. The molecule has 0 spiro atoms. The highest BCUT2D eigenvalue weighted by atomic mass is 16.5. The van der Waals surface area contributed by atoms with Gasteiger partial charge in [-0.3, -0.25) is 4.79 Å². The fraction of sp³-hybridized carbons (Fsp3) is 0.533. The number of aliphatic hydroxyl groups excluding tert-OH is 1. The number of nitrogens with one attached hydrogen (secondary N) is 1. The first-order valence-corrected chi connectivity index (χ1v) is 6.63. The lowest BCUT2D eigenvalue weighted by Gasteiger charge is -2.22. The van der Waals surface area contributed by atoms with Gasteiger partial charge in [0.25, 0.3) is 0 Å². The third-order valence-electron chi connectivity index (χ3n) is 2.95. The molecule has 0 aliphatic rings. The van der Waals surface area contributed by atoms with Crippen molar-refractivity contribution in [1.29, 1.82) is 0 Å². The fourth-order valence-corrected chi connectivity index (χ4v) is 1.74. The smallest absolute Gasteiger partial charge is 0.227 e. The van der Waals surface area contributed by atoms with Gasteiger partial charge < -0.3 is 19.9 Å². The molecule has 1 aromatic carbocycles. The van der Waals surface area contributed by atoms with Crippen molar-refractivity contribution in [3.05, 3.63) is 23.8 Å². The highest BCUT2D eigenvalue weighted by Crippen LogP contribution is 2.23. The average molecular weight is 281 g/mol. The van der Waals surface area contributed by atoms with E-state index >= 15 is 0 Å². The summed E-state index contributed by atoms with van der Waals surface area (Å²) < 4.78 is 10.6. The summed E-state index contributed by atoms with van der Waals surface area (Å²) in [6, 6.07) is 5.21. The van der Waals surface area contributed by atoms with E-state index < -0.39 is 5.60 Å². The number of benzene rings is 1. The van der Waals surface area contributed by atoms with E-state index in [-0.39, 0.29) is 18.9 Å². The van der Waals surface area contributed by atoms with Gasteiger partial charge in [0.15, 0.2) is 0 Å². The van der Waals surface area contributed by atoms with Crippen molar-refractivity contribution in [2.24, 2.45) is 0 Å². The predicted molar refractivity (Wildman–Crippen MR) is 77.9 cm³/mol. The quantitative estimate of drug-likeness (QED) is 0.805. The lowest BCUT2D eigenvalue weighted by atomic mass is 10.0. The molecule has 0 heterocycles. The first kappa shape index (κ1) is 16.5. The van der Waals surface area contributed by atoms with E-state index in [0.717, 1.165) is 0 Å². The molecule has 0 aromatic heterocycles. The highest BCUT2D eigenvalue weighted by Gasteiger charge is 2.21. The zero-order valence-electron chi connectivity index (χ0n) is 12.5. The molecule has 1 aromatic rings. The summed E-state index contributed by atoms with van der Waals surface area (Å²) in [5.41, 5.74) is 0.778. The van der Waals surface area contributed by atoms with Gasteiger partial charge >= 0.3 is 0 Å². The molecule has 1 rings (SSSR count). The van der Waals surface area contributed by atoms with Crippen LogP contribution >= 0.6 is 0 Å². The topological polar surface area (TPSA) is 67.8 Å². The van der Waals surface area contributed by atoms with Gasteiger partial charge in [-0.25, -0.2) is 0 Å². The van der Waals surface area contributed by atoms with Gasteiger partial charge in [0.05, 0.1) is 25.2 Å². The normalized spacial score (nSPS) is 11.2. The van der Waals surface area contributed by atoms with Crippen molar-refractivity contribution in [2.75, 3.05) is 19.0 Å². The number of methoxy groups -OCH3 is 1. The molecule has 0 atom stereocenters. The maximum absolute atomic E-state index is 11.9. The number of carbonyl (C=O) groups excluding carboxylic acids is 1. The van der Waals surface area contributed by atoms with Gasteiger partial charge in [-0.1, -0.05) is 0 Å². The van der Waals surface area contributed by atoms with E-state index in [1.54, 1.807) is 25.3 Å². The highest BCUT2D eigenvalue weighted by molar-refractivity contribution is 5.91. The molecule has 2 N–H and O–H groups in total. The number of hydrogen-bond donors (Lipinski definition) is 2. The summed E-state index contributed by atoms with van der Waals surface area (Å²) in [6.45, 7) is 5.97. The number of amides is 1. The molecule has 1 amide bonds. The first-order chi connectivity index (χ1) is 9.41. The molecule has 0 fully saturated rings. The van der Waals surface area contributed by atoms with E-state index in [1.165, 1.54) is 0 Å². The van der Waals surface area contributed by atoms with Crippen molar-refractivity contribution in [2.45, 2.75) is 39.4 Å². The Bertz CT molecular complexity index is 457. The Morgan fingerprint density at radius 3 is 2.65 bits per heavy atom. The lowest BCUT2D eigenvalue weighted by molar-refractivity contribution is -0.121. The molecular weight excluding hydrogens is 258 g/mol. The minimum absolute atomic E-state index is 0.134. The van der Waals surface area contributed by atoms with Crippen LogP contribution in [0.4, 0.5) is 5.69 Å². The molecule has 0 saturated carbocycles. The van der Waals surface area contributed by atoms with Crippen molar-refractivity contribution in [1.82, 2.24) is 0 Å². The van der Waals surface area contributed by atoms with E-state index in [1.807, 2.05) is 20.8 Å². The second-order valence-electron chi connectivity index (χ2n) is 5.10. The summed E-state index contributed by atoms with van der Waals surface area (Å²) >= 11 is 0. The zero-order valence-corrected chi connectivity index (χ0v) is 12.5. The van der Waals surface area contributed by atoms with Crippen LogP contribution in [-0.2, 0) is 16.1 Å².